The van der Waals surface area contributed by atoms with E-state index in [0.717, 1.165) is 5.75 Å². The van der Waals surface area contributed by atoms with Gasteiger partial charge >= 0.3 is 0 Å². The molecule has 0 aliphatic carbocycles. The smallest absolute Gasteiger partial charge is 0.273 e. The molecule has 0 spiro atoms. The minimum Gasteiger partial charge on any atom is -0.497 e. The van der Waals surface area contributed by atoms with Crippen LogP contribution in [0, 0.1) is 0 Å². The lowest BCUT2D eigenvalue weighted by atomic mass is 10.2. The molecule has 3 rings (SSSR count). The van der Waals surface area contributed by atoms with E-state index in [-0.39, 0.29) is 30.0 Å². The van der Waals surface area contributed by atoms with Crippen molar-refractivity contribution in [3.05, 3.63) is 70.6 Å². The minimum atomic E-state index is -0.363. The van der Waals surface area contributed by atoms with Crippen LogP contribution in [0.2, 0.25) is 0 Å². The van der Waals surface area contributed by atoms with Gasteiger partial charge in [-0.2, -0.15) is 0 Å². The van der Waals surface area contributed by atoms with E-state index in [4.69, 9.17) is 9.47 Å². The number of aryl methyl sites for hydroxylation is 1. The number of nitrogens with zero attached hydrogens (tertiary/aromatic N) is 2. The van der Waals surface area contributed by atoms with Crippen molar-refractivity contribution in [2.45, 2.75) is 12.8 Å². The number of carbonyl (C=O) groups excluding carboxylic acids is 1. The Morgan fingerprint density at radius 1 is 1.07 bits per heavy atom. The predicted octanol–water partition coefficient (Wildman–Crippen LogP) is 1.97. The second kappa shape index (κ2) is 10.0. The Kier molecular flexibility index (Phi) is 6.94. The molecule has 0 aliphatic heterocycles. The number of methoxy groups -OCH3 is 1. The van der Waals surface area contributed by atoms with E-state index in [2.05, 4.69) is 20.5 Å². The first-order valence-electron chi connectivity index (χ1n) is 9.20. The number of aromatic amines is 1. The van der Waals surface area contributed by atoms with E-state index in [0.29, 0.717) is 30.3 Å². The summed E-state index contributed by atoms with van der Waals surface area (Å²) in [4.78, 5) is 26.9. The van der Waals surface area contributed by atoms with Crippen LogP contribution in [0.4, 0.5) is 0 Å². The number of ether oxygens (including phenoxy) is 2. The zero-order valence-corrected chi connectivity index (χ0v) is 16.1. The van der Waals surface area contributed by atoms with E-state index >= 15 is 0 Å². The van der Waals surface area contributed by atoms with E-state index < -0.39 is 0 Å². The molecular formula is C21H22N4O4. The molecule has 0 atom stereocenters. The fraction of sp³-hybridized carbons (Fsp3) is 0.238. The Morgan fingerprint density at radius 2 is 1.86 bits per heavy atom. The summed E-state index contributed by atoms with van der Waals surface area (Å²) in [7, 11) is 1.56. The van der Waals surface area contributed by atoms with Crippen LogP contribution < -0.4 is 20.3 Å². The Balaban J connectivity index is 1.47. The molecular weight excluding hydrogens is 372 g/mol. The van der Waals surface area contributed by atoms with Crippen LogP contribution in [0.15, 0.2) is 59.4 Å². The third kappa shape index (κ3) is 5.90. The molecule has 3 aromatic rings. The number of amides is 1. The molecule has 1 amide bonds. The monoisotopic (exact) mass is 394 g/mol. The quantitative estimate of drug-likeness (QED) is 0.538. The summed E-state index contributed by atoms with van der Waals surface area (Å²) >= 11 is 0. The van der Waals surface area contributed by atoms with Gasteiger partial charge in [-0.3, -0.25) is 9.59 Å². The Bertz CT molecular complexity index is 1000. The van der Waals surface area contributed by atoms with Crippen molar-refractivity contribution >= 4 is 5.91 Å². The van der Waals surface area contributed by atoms with Crippen molar-refractivity contribution in [2.24, 2.45) is 0 Å². The highest BCUT2D eigenvalue weighted by Gasteiger charge is 2.10. The predicted molar refractivity (Wildman–Crippen MR) is 108 cm³/mol. The standard InChI is InChI=1S/C21H22N4O4/c1-28-17-9-5-6-15(14-17)20-23-21(27)18(24-25-20)10-11-19(26)22-12-13-29-16-7-3-2-4-8-16/h2-9,14H,10-13H2,1H3,(H,22,26)(H,23,25,27). The highest BCUT2D eigenvalue weighted by atomic mass is 16.5. The molecule has 0 saturated carbocycles. The van der Waals surface area contributed by atoms with Crippen LogP contribution in [0.5, 0.6) is 11.5 Å². The summed E-state index contributed by atoms with van der Waals surface area (Å²) in [5.74, 6) is 1.57. The van der Waals surface area contributed by atoms with E-state index in [1.165, 1.54) is 0 Å². The molecule has 2 N–H and O–H groups in total. The normalized spacial score (nSPS) is 10.4. The Morgan fingerprint density at radius 3 is 2.62 bits per heavy atom. The van der Waals surface area contributed by atoms with Crippen LogP contribution in [0.3, 0.4) is 0 Å². The van der Waals surface area contributed by atoms with Gasteiger partial charge in [0.1, 0.15) is 23.8 Å². The summed E-state index contributed by atoms with van der Waals surface area (Å²) < 4.78 is 10.7. The molecule has 0 aliphatic rings. The summed E-state index contributed by atoms with van der Waals surface area (Å²) in [6.07, 6.45) is 0.341. The third-order valence-corrected chi connectivity index (χ3v) is 4.13. The molecule has 0 fully saturated rings. The number of carbonyl (C=O) groups is 1. The fourth-order valence-electron chi connectivity index (χ4n) is 2.62. The van der Waals surface area contributed by atoms with Crippen molar-refractivity contribution in [3.63, 3.8) is 0 Å². The Hall–Kier alpha value is -3.68. The maximum atomic E-state index is 12.3. The molecule has 0 bridgehead atoms. The second-order valence-corrected chi connectivity index (χ2v) is 6.19. The molecule has 8 heteroatoms. The van der Waals surface area contributed by atoms with E-state index in [1.807, 2.05) is 30.3 Å². The zero-order valence-electron chi connectivity index (χ0n) is 16.1. The molecule has 0 unspecified atom stereocenters. The van der Waals surface area contributed by atoms with E-state index in [1.54, 1.807) is 31.4 Å². The van der Waals surface area contributed by atoms with Crippen molar-refractivity contribution < 1.29 is 14.3 Å². The summed E-state index contributed by atoms with van der Waals surface area (Å²) in [6, 6.07) is 16.5. The topological polar surface area (TPSA) is 106 Å². The molecule has 150 valence electrons. The second-order valence-electron chi connectivity index (χ2n) is 6.19. The van der Waals surface area contributed by atoms with Gasteiger partial charge in [0, 0.05) is 18.4 Å². The molecule has 0 saturated heterocycles. The van der Waals surface area contributed by atoms with Crippen LogP contribution >= 0.6 is 0 Å². The number of nitrogens with one attached hydrogen (secondary N) is 2. The molecule has 8 nitrogen and oxygen atoms in total. The molecule has 1 aromatic heterocycles. The summed E-state index contributed by atoms with van der Waals surface area (Å²) in [5.41, 5.74) is 0.544. The number of benzene rings is 2. The van der Waals surface area contributed by atoms with Gasteiger partial charge in [0.15, 0.2) is 5.82 Å². The minimum absolute atomic E-state index is 0.140. The van der Waals surface area contributed by atoms with Gasteiger partial charge in [0.05, 0.1) is 13.7 Å². The average Bonchev–Trinajstić information content (AvgIpc) is 2.76. The van der Waals surface area contributed by atoms with Gasteiger partial charge in [-0.25, -0.2) is 0 Å². The number of hydrogen-bond acceptors (Lipinski definition) is 6. The first-order chi connectivity index (χ1) is 14.2. The van der Waals surface area contributed by atoms with Gasteiger partial charge in [0.2, 0.25) is 5.91 Å². The van der Waals surface area contributed by atoms with E-state index in [9.17, 15) is 9.59 Å². The van der Waals surface area contributed by atoms with Crippen LogP contribution in [-0.2, 0) is 11.2 Å². The lowest BCUT2D eigenvalue weighted by Gasteiger charge is -2.07. The van der Waals surface area contributed by atoms with Crippen LogP contribution in [0.1, 0.15) is 12.1 Å². The first kappa shape index (κ1) is 20.1. The highest BCUT2D eigenvalue weighted by molar-refractivity contribution is 5.76. The van der Waals surface area contributed by atoms with Gasteiger partial charge in [-0.15, -0.1) is 10.2 Å². The maximum Gasteiger partial charge on any atom is 0.273 e. The summed E-state index contributed by atoms with van der Waals surface area (Å²) in [6.45, 7) is 0.746. The number of rotatable bonds is 9. The maximum absolute atomic E-state index is 12.3. The largest absolute Gasteiger partial charge is 0.497 e. The zero-order chi connectivity index (χ0) is 20.5. The third-order valence-electron chi connectivity index (χ3n) is 4.13. The lowest BCUT2D eigenvalue weighted by molar-refractivity contribution is -0.121. The molecule has 29 heavy (non-hydrogen) atoms. The SMILES string of the molecule is COc1cccc(-c2nnc(CCC(=O)NCCOc3ccccc3)c(=O)[nH]2)c1. The molecule has 1 heterocycles. The average molecular weight is 394 g/mol. The van der Waals surface area contributed by atoms with Gasteiger partial charge in [-0.05, 0) is 24.3 Å². The Labute approximate surface area is 167 Å². The van der Waals surface area contributed by atoms with Crippen LogP contribution in [-0.4, -0.2) is 41.3 Å². The molecule has 2 aromatic carbocycles. The van der Waals surface area contributed by atoms with Gasteiger partial charge < -0.3 is 19.8 Å². The highest BCUT2D eigenvalue weighted by Crippen LogP contribution is 2.19. The van der Waals surface area contributed by atoms with Crippen molar-refractivity contribution in [2.75, 3.05) is 20.3 Å². The number of aromatic nitrogens is 3. The van der Waals surface area contributed by atoms with Gasteiger partial charge in [0.25, 0.3) is 5.56 Å². The molecule has 0 radical (unpaired) electrons. The summed E-state index contributed by atoms with van der Waals surface area (Å²) in [5, 5.41) is 10.8. The number of hydrogen-bond donors (Lipinski definition) is 2. The van der Waals surface area contributed by atoms with Crippen molar-refractivity contribution in [3.8, 4) is 22.9 Å². The lowest BCUT2D eigenvalue weighted by Crippen LogP contribution is -2.29. The van der Waals surface area contributed by atoms with Crippen molar-refractivity contribution in [1.82, 2.24) is 20.5 Å². The number of para-hydroxylation sites is 1. The van der Waals surface area contributed by atoms with Gasteiger partial charge in [-0.1, -0.05) is 30.3 Å². The van der Waals surface area contributed by atoms with Crippen molar-refractivity contribution in [1.29, 1.82) is 0 Å². The van der Waals surface area contributed by atoms with Crippen LogP contribution in [0.25, 0.3) is 11.4 Å². The number of H-pyrrole nitrogens is 1. The fourth-order valence-corrected chi connectivity index (χ4v) is 2.62. The first-order valence-corrected chi connectivity index (χ1v) is 9.20.